The predicted octanol–water partition coefficient (Wildman–Crippen LogP) is 7.33. The molecule has 2 aromatic heterocycles. The zero-order chi connectivity index (χ0) is 25.6. The van der Waals surface area contributed by atoms with Gasteiger partial charge in [-0.05, 0) is 71.8 Å². The Morgan fingerprint density at radius 3 is 2.51 bits per heavy atom. The molecule has 186 valence electrons. The predicted molar refractivity (Wildman–Crippen MR) is 145 cm³/mol. The fraction of sp³-hybridized carbons (Fsp3) is 0.103. The normalized spacial score (nSPS) is 10.9. The number of carbonyl (C=O) groups is 1. The van der Waals surface area contributed by atoms with E-state index in [-0.39, 0.29) is 11.7 Å². The summed E-state index contributed by atoms with van der Waals surface area (Å²) in [5.41, 5.74) is 4.19. The number of hydrogen-bond donors (Lipinski definition) is 1. The van der Waals surface area contributed by atoms with Crippen LogP contribution in [0.4, 0.5) is 9.52 Å². The zero-order valence-corrected chi connectivity index (χ0v) is 21.3. The lowest BCUT2D eigenvalue weighted by Gasteiger charge is -2.21. The second-order valence-corrected chi connectivity index (χ2v) is 9.74. The van der Waals surface area contributed by atoms with Crippen molar-refractivity contribution in [3.05, 3.63) is 130 Å². The number of carbonyl (C=O) groups excluding carboxylic acids is 1. The molecule has 37 heavy (non-hydrogen) atoms. The number of rotatable bonds is 9. The molecule has 5 nitrogen and oxygen atoms in total. The lowest BCUT2D eigenvalue weighted by molar-refractivity contribution is 0.0951. The number of thiazole rings is 1. The highest BCUT2D eigenvalue weighted by molar-refractivity contribution is 7.14. The van der Waals surface area contributed by atoms with Crippen LogP contribution in [0.15, 0.2) is 101 Å². The molecule has 1 amide bonds. The molecule has 0 aliphatic carbocycles. The minimum absolute atomic E-state index is 0.150. The van der Waals surface area contributed by atoms with Gasteiger partial charge < -0.3 is 14.6 Å². The first kappa shape index (κ1) is 24.7. The smallest absolute Gasteiger partial charge is 0.251 e. The molecule has 0 aliphatic heterocycles. The topological polar surface area (TPSA) is 58.4 Å². The van der Waals surface area contributed by atoms with Gasteiger partial charge in [0.1, 0.15) is 11.6 Å². The highest BCUT2D eigenvalue weighted by Crippen LogP contribution is 2.30. The van der Waals surface area contributed by atoms with E-state index in [1.54, 1.807) is 24.5 Å². The third kappa shape index (κ3) is 6.44. The van der Waals surface area contributed by atoms with Crippen LogP contribution in [-0.4, -0.2) is 10.9 Å². The van der Waals surface area contributed by atoms with Crippen molar-refractivity contribution in [1.82, 2.24) is 10.3 Å². The lowest BCUT2D eigenvalue weighted by Crippen LogP contribution is -2.23. The summed E-state index contributed by atoms with van der Waals surface area (Å²) in [6.07, 6.45) is 1.65. The average Bonchev–Trinajstić information content (AvgIpc) is 3.61. The first-order valence-corrected chi connectivity index (χ1v) is 12.9. The van der Waals surface area contributed by atoms with Crippen LogP contribution in [0.3, 0.4) is 0 Å². The van der Waals surface area contributed by atoms with E-state index in [0.29, 0.717) is 30.2 Å². The maximum Gasteiger partial charge on any atom is 0.251 e. The third-order valence-corrected chi connectivity index (χ3v) is 6.90. The van der Waals surface area contributed by atoms with Crippen LogP contribution in [0.2, 0.25) is 5.02 Å². The van der Waals surface area contributed by atoms with Gasteiger partial charge in [0.2, 0.25) is 0 Å². The maximum atomic E-state index is 13.3. The summed E-state index contributed by atoms with van der Waals surface area (Å²) in [4.78, 5) is 19.5. The average molecular weight is 532 g/mol. The highest BCUT2D eigenvalue weighted by atomic mass is 35.5. The van der Waals surface area contributed by atoms with Crippen molar-refractivity contribution < 1.29 is 13.6 Å². The molecule has 8 heteroatoms. The molecule has 0 radical (unpaired) electrons. The molecule has 5 rings (SSSR count). The van der Waals surface area contributed by atoms with Crippen LogP contribution in [0.25, 0.3) is 11.3 Å². The number of hydrogen-bond acceptors (Lipinski definition) is 5. The summed E-state index contributed by atoms with van der Waals surface area (Å²) in [6, 6.07) is 25.0. The molecule has 0 atom stereocenters. The van der Waals surface area contributed by atoms with E-state index < -0.39 is 0 Å². The van der Waals surface area contributed by atoms with Crippen molar-refractivity contribution in [1.29, 1.82) is 0 Å². The Morgan fingerprint density at radius 1 is 0.973 bits per heavy atom. The van der Waals surface area contributed by atoms with Gasteiger partial charge in [0, 0.05) is 34.6 Å². The van der Waals surface area contributed by atoms with Gasteiger partial charge in [0.05, 0.1) is 18.5 Å². The Labute approximate surface area is 223 Å². The van der Waals surface area contributed by atoms with E-state index in [4.69, 9.17) is 21.0 Å². The van der Waals surface area contributed by atoms with Gasteiger partial charge >= 0.3 is 0 Å². The van der Waals surface area contributed by atoms with E-state index in [1.807, 2.05) is 60.0 Å². The van der Waals surface area contributed by atoms with Gasteiger partial charge in [-0.2, -0.15) is 0 Å². The molecule has 0 aliphatic rings. The lowest BCUT2D eigenvalue weighted by atomic mass is 10.1. The SMILES string of the molecule is O=C(NCc1cccc(Cl)c1)c1ccc(CN(Cc2ccco2)c2nc(-c3ccc(F)cc3)cs2)cc1. The monoisotopic (exact) mass is 531 g/mol. The minimum Gasteiger partial charge on any atom is -0.467 e. The number of aromatic nitrogens is 1. The number of nitrogens with one attached hydrogen (secondary N) is 1. The van der Waals surface area contributed by atoms with Gasteiger partial charge in [-0.25, -0.2) is 9.37 Å². The van der Waals surface area contributed by atoms with Crippen LogP contribution in [0, 0.1) is 5.82 Å². The Balaban J connectivity index is 1.29. The van der Waals surface area contributed by atoms with Gasteiger partial charge in [0.25, 0.3) is 5.91 Å². The summed E-state index contributed by atoms with van der Waals surface area (Å²) < 4.78 is 18.9. The quantitative estimate of drug-likeness (QED) is 0.216. The van der Waals surface area contributed by atoms with E-state index >= 15 is 0 Å². The standard InChI is InChI=1S/C29H23ClFN3O2S/c30-24-4-1-3-21(15-24)16-32-28(35)23-8-6-20(7-9-23)17-34(18-26-5-2-14-36-26)29-33-27(19-37-29)22-10-12-25(31)13-11-22/h1-15,19H,16-18H2,(H,32,35). The Hall–Kier alpha value is -3.94. The fourth-order valence-electron chi connectivity index (χ4n) is 3.86. The summed E-state index contributed by atoms with van der Waals surface area (Å²) in [6.45, 7) is 1.51. The minimum atomic E-state index is -0.278. The van der Waals surface area contributed by atoms with Crippen molar-refractivity contribution in [2.75, 3.05) is 4.90 Å². The van der Waals surface area contributed by atoms with Crippen LogP contribution in [0.1, 0.15) is 27.2 Å². The number of anilines is 1. The number of furan rings is 1. The van der Waals surface area contributed by atoms with Crippen molar-refractivity contribution >= 4 is 34.0 Å². The van der Waals surface area contributed by atoms with Crippen molar-refractivity contribution in [2.24, 2.45) is 0 Å². The van der Waals surface area contributed by atoms with Crippen LogP contribution >= 0.6 is 22.9 Å². The van der Waals surface area contributed by atoms with Crippen molar-refractivity contribution in [2.45, 2.75) is 19.6 Å². The molecule has 0 unspecified atom stereocenters. The molecular weight excluding hydrogens is 509 g/mol. The molecule has 1 N–H and O–H groups in total. The van der Waals surface area contributed by atoms with Gasteiger partial charge in [-0.3, -0.25) is 4.79 Å². The molecule has 3 aromatic carbocycles. The van der Waals surface area contributed by atoms with Crippen molar-refractivity contribution in [3.8, 4) is 11.3 Å². The van der Waals surface area contributed by atoms with Gasteiger partial charge in [-0.1, -0.05) is 35.9 Å². The number of halogens is 2. The summed E-state index contributed by atoms with van der Waals surface area (Å²) >= 11 is 7.54. The fourth-order valence-corrected chi connectivity index (χ4v) is 4.91. The molecule has 0 spiro atoms. The van der Waals surface area contributed by atoms with E-state index in [9.17, 15) is 9.18 Å². The highest BCUT2D eigenvalue weighted by Gasteiger charge is 2.16. The zero-order valence-electron chi connectivity index (χ0n) is 19.7. The van der Waals surface area contributed by atoms with Crippen LogP contribution < -0.4 is 10.2 Å². The number of nitrogens with zero attached hydrogens (tertiary/aromatic N) is 2. The van der Waals surface area contributed by atoms with Crippen molar-refractivity contribution in [3.63, 3.8) is 0 Å². The molecule has 0 bridgehead atoms. The summed E-state index contributed by atoms with van der Waals surface area (Å²) in [5.74, 6) is 0.388. The molecule has 0 saturated carbocycles. The molecule has 0 saturated heterocycles. The second-order valence-electron chi connectivity index (χ2n) is 8.47. The largest absolute Gasteiger partial charge is 0.467 e. The Kier molecular flexibility index (Phi) is 7.63. The second kappa shape index (κ2) is 11.4. The molecular formula is C29H23ClFN3O2S. The summed E-state index contributed by atoms with van der Waals surface area (Å²) in [7, 11) is 0. The van der Waals surface area contributed by atoms with E-state index in [0.717, 1.165) is 33.3 Å². The van der Waals surface area contributed by atoms with Crippen LogP contribution in [-0.2, 0) is 19.6 Å². The number of amides is 1. The van der Waals surface area contributed by atoms with Crippen LogP contribution in [0.5, 0.6) is 0 Å². The van der Waals surface area contributed by atoms with Gasteiger partial charge in [-0.15, -0.1) is 11.3 Å². The first-order valence-electron chi connectivity index (χ1n) is 11.6. The summed E-state index contributed by atoms with van der Waals surface area (Å²) in [5, 5.41) is 6.35. The maximum absolute atomic E-state index is 13.3. The van der Waals surface area contributed by atoms with E-state index in [2.05, 4.69) is 10.2 Å². The Morgan fingerprint density at radius 2 is 1.78 bits per heavy atom. The molecule has 0 fully saturated rings. The number of benzene rings is 3. The van der Waals surface area contributed by atoms with Gasteiger partial charge in [0.15, 0.2) is 5.13 Å². The van der Waals surface area contributed by atoms with E-state index in [1.165, 1.54) is 23.5 Å². The Bertz CT molecular complexity index is 1470. The molecule has 2 heterocycles. The first-order chi connectivity index (χ1) is 18.0. The third-order valence-electron chi connectivity index (χ3n) is 5.76. The molecule has 5 aromatic rings.